The zero-order valence-electron chi connectivity index (χ0n) is 20.4. The van der Waals surface area contributed by atoms with Crippen molar-refractivity contribution in [3.8, 4) is 11.3 Å². The van der Waals surface area contributed by atoms with Crippen molar-refractivity contribution in [2.75, 3.05) is 31.7 Å². The predicted molar refractivity (Wildman–Crippen MR) is 142 cm³/mol. The Bertz CT molecular complexity index is 1310. The second-order valence-corrected chi connectivity index (χ2v) is 10.8. The molecular formula is C26H28ClN5O4S. The van der Waals surface area contributed by atoms with Gasteiger partial charge in [-0.15, -0.1) is 11.3 Å². The molecule has 0 radical (unpaired) electrons. The molecule has 1 fully saturated rings. The Kier molecular flexibility index (Phi) is 7.71. The number of ether oxygens (including phenoxy) is 1. The molecule has 2 aliphatic rings. The summed E-state index contributed by atoms with van der Waals surface area (Å²) in [5.74, 6) is -0.0766. The van der Waals surface area contributed by atoms with Gasteiger partial charge in [0.2, 0.25) is 11.9 Å². The van der Waals surface area contributed by atoms with E-state index in [-0.39, 0.29) is 31.0 Å². The van der Waals surface area contributed by atoms with Crippen molar-refractivity contribution in [2.45, 2.75) is 38.4 Å². The van der Waals surface area contributed by atoms with Crippen LogP contribution in [0.4, 0.5) is 5.95 Å². The van der Waals surface area contributed by atoms with E-state index in [1.807, 2.05) is 30.5 Å². The van der Waals surface area contributed by atoms with E-state index in [9.17, 15) is 14.7 Å². The number of anilines is 1. The monoisotopic (exact) mass is 541 g/mol. The minimum Gasteiger partial charge on any atom is -0.394 e. The van der Waals surface area contributed by atoms with E-state index in [0.29, 0.717) is 47.6 Å². The Hall–Kier alpha value is -3.05. The standard InChI is InChI=1S/C26H28ClN5O4S/c1-15-8-18(14-37-15)22(13-33)30-23(34)12-32-11-17-3-2-16(9-20(17)25(32)35)24-21(27)10-28-26(31-24)29-19-4-6-36-7-5-19/h2-3,8-10,14,19,22,33H,4-7,11-13H2,1H3,(H,30,34)(H,28,29,31)/t22-/m1/s1. The summed E-state index contributed by atoms with van der Waals surface area (Å²) < 4.78 is 5.41. The second kappa shape index (κ2) is 11.1. The highest BCUT2D eigenvalue weighted by Crippen LogP contribution is 2.32. The number of halogens is 1. The quantitative estimate of drug-likeness (QED) is 0.399. The number of hydrogen-bond donors (Lipinski definition) is 3. The van der Waals surface area contributed by atoms with Crippen LogP contribution >= 0.6 is 22.9 Å². The number of nitrogens with one attached hydrogen (secondary N) is 2. The number of thiophene rings is 1. The molecule has 4 heterocycles. The van der Waals surface area contributed by atoms with E-state index in [1.165, 1.54) is 4.90 Å². The third kappa shape index (κ3) is 5.77. The second-order valence-electron chi connectivity index (χ2n) is 9.25. The van der Waals surface area contributed by atoms with E-state index in [0.717, 1.165) is 28.8 Å². The molecule has 9 nitrogen and oxygen atoms in total. The number of benzene rings is 1. The lowest BCUT2D eigenvalue weighted by Crippen LogP contribution is -2.39. The van der Waals surface area contributed by atoms with Crippen LogP contribution in [0.3, 0.4) is 0 Å². The average molecular weight is 542 g/mol. The first kappa shape index (κ1) is 25.6. The molecule has 11 heteroatoms. The molecule has 0 spiro atoms. The molecular weight excluding hydrogens is 514 g/mol. The van der Waals surface area contributed by atoms with E-state index in [4.69, 9.17) is 16.3 Å². The van der Waals surface area contributed by atoms with Gasteiger partial charge in [0.25, 0.3) is 5.91 Å². The molecule has 5 rings (SSSR count). The first-order valence-corrected chi connectivity index (χ1v) is 13.4. The number of aromatic nitrogens is 2. The predicted octanol–water partition coefficient (Wildman–Crippen LogP) is 3.56. The topological polar surface area (TPSA) is 117 Å². The molecule has 2 amide bonds. The number of aliphatic hydroxyl groups excluding tert-OH is 1. The number of rotatable bonds is 8. The van der Waals surface area contributed by atoms with Crippen molar-refractivity contribution >= 4 is 40.7 Å². The zero-order valence-corrected chi connectivity index (χ0v) is 21.9. The van der Waals surface area contributed by atoms with Gasteiger partial charge in [0, 0.05) is 41.8 Å². The molecule has 1 aromatic carbocycles. The van der Waals surface area contributed by atoms with Crippen molar-refractivity contribution in [3.63, 3.8) is 0 Å². The van der Waals surface area contributed by atoms with Gasteiger partial charge < -0.3 is 25.4 Å². The van der Waals surface area contributed by atoms with Crippen LogP contribution in [-0.2, 0) is 16.1 Å². The van der Waals surface area contributed by atoms with Crippen molar-refractivity contribution in [2.24, 2.45) is 0 Å². The van der Waals surface area contributed by atoms with E-state index in [1.54, 1.807) is 23.6 Å². The number of fused-ring (bicyclic) bond motifs is 1. The third-order valence-electron chi connectivity index (χ3n) is 6.57. The average Bonchev–Trinajstić information content (AvgIpc) is 3.47. The maximum absolute atomic E-state index is 13.2. The lowest BCUT2D eigenvalue weighted by atomic mass is 10.0. The maximum Gasteiger partial charge on any atom is 0.254 e. The van der Waals surface area contributed by atoms with Crippen molar-refractivity contribution in [1.29, 1.82) is 0 Å². The smallest absolute Gasteiger partial charge is 0.254 e. The molecule has 0 bridgehead atoms. The fourth-order valence-corrected chi connectivity index (χ4v) is 5.55. The number of hydrogen-bond acceptors (Lipinski definition) is 8. The Morgan fingerprint density at radius 3 is 2.86 bits per heavy atom. The molecule has 194 valence electrons. The van der Waals surface area contributed by atoms with Crippen LogP contribution in [0, 0.1) is 6.92 Å². The highest BCUT2D eigenvalue weighted by Gasteiger charge is 2.30. The van der Waals surface area contributed by atoms with Gasteiger partial charge in [-0.1, -0.05) is 23.7 Å². The minimum absolute atomic E-state index is 0.101. The number of carbonyl (C=O) groups excluding carboxylic acids is 2. The third-order valence-corrected chi connectivity index (χ3v) is 7.72. The molecule has 0 unspecified atom stereocenters. The zero-order chi connectivity index (χ0) is 25.9. The molecule has 1 atom stereocenters. The molecule has 2 aliphatic heterocycles. The van der Waals surface area contributed by atoms with Gasteiger partial charge >= 0.3 is 0 Å². The highest BCUT2D eigenvalue weighted by atomic mass is 35.5. The van der Waals surface area contributed by atoms with Crippen LogP contribution in [-0.4, -0.2) is 64.2 Å². The van der Waals surface area contributed by atoms with Crippen molar-refractivity contribution in [3.05, 3.63) is 62.4 Å². The number of carbonyl (C=O) groups is 2. The highest BCUT2D eigenvalue weighted by molar-refractivity contribution is 7.10. The van der Waals surface area contributed by atoms with E-state index < -0.39 is 6.04 Å². The molecule has 37 heavy (non-hydrogen) atoms. The van der Waals surface area contributed by atoms with Crippen LogP contribution < -0.4 is 10.6 Å². The fraction of sp³-hybridized carbons (Fsp3) is 0.385. The summed E-state index contributed by atoms with van der Waals surface area (Å²) in [7, 11) is 0. The fourth-order valence-electron chi connectivity index (χ4n) is 4.59. The molecule has 0 aliphatic carbocycles. The summed E-state index contributed by atoms with van der Waals surface area (Å²) in [5.41, 5.74) is 3.45. The van der Waals surface area contributed by atoms with Gasteiger partial charge in [-0.2, -0.15) is 0 Å². The van der Waals surface area contributed by atoms with Gasteiger partial charge in [-0.05, 0) is 48.4 Å². The Labute approximate surface area is 223 Å². The van der Waals surface area contributed by atoms with Gasteiger partial charge in [-0.3, -0.25) is 9.59 Å². The first-order valence-electron chi connectivity index (χ1n) is 12.2. The number of amides is 2. The number of nitrogens with zero attached hydrogens (tertiary/aromatic N) is 3. The van der Waals surface area contributed by atoms with E-state index >= 15 is 0 Å². The lowest BCUT2D eigenvalue weighted by Gasteiger charge is -2.23. The van der Waals surface area contributed by atoms with Gasteiger partial charge in [0.1, 0.15) is 6.54 Å². The summed E-state index contributed by atoms with van der Waals surface area (Å²) in [6, 6.07) is 7.18. The molecule has 2 aromatic heterocycles. The van der Waals surface area contributed by atoms with Crippen molar-refractivity contribution in [1.82, 2.24) is 20.2 Å². The Balaban J connectivity index is 1.28. The normalized spacial score (nSPS) is 16.5. The Morgan fingerprint density at radius 2 is 2.14 bits per heavy atom. The van der Waals surface area contributed by atoms with E-state index in [2.05, 4.69) is 20.6 Å². The Morgan fingerprint density at radius 1 is 1.32 bits per heavy atom. The molecule has 1 saturated heterocycles. The minimum atomic E-state index is -0.506. The lowest BCUT2D eigenvalue weighted by molar-refractivity contribution is -0.122. The van der Waals surface area contributed by atoms with Gasteiger partial charge in [-0.25, -0.2) is 9.97 Å². The van der Waals surface area contributed by atoms with Crippen LogP contribution in [0.15, 0.2) is 35.8 Å². The number of aryl methyl sites for hydroxylation is 1. The van der Waals surface area contributed by atoms with Crippen LogP contribution in [0.1, 0.15) is 45.2 Å². The SMILES string of the molecule is Cc1cc([C@@H](CO)NC(=O)CN2Cc3ccc(-c4nc(NC5CCOCC5)ncc4Cl)cc3C2=O)cs1. The summed E-state index contributed by atoms with van der Waals surface area (Å²) in [4.78, 5) is 37.4. The maximum atomic E-state index is 13.2. The van der Waals surface area contributed by atoms with Crippen LogP contribution in [0.2, 0.25) is 5.02 Å². The van der Waals surface area contributed by atoms with Gasteiger partial charge in [0.15, 0.2) is 0 Å². The summed E-state index contributed by atoms with van der Waals surface area (Å²) in [5, 5.41) is 18.2. The van der Waals surface area contributed by atoms with Crippen molar-refractivity contribution < 1.29 is 19.4 Å². The van der Waals surface area contributed by atoms with Gasteiger partial charge in [0.05, 0.1) is 29.6 Å². The van der Waals surface area contributed by atoms with Crippen LogP contribution in [0.25, 0.3) is 11.3 Å². The summed E-state index contributed by atoms with van der Waals surface area (Å²) in [6.45, 7) is 3.39. The largest absolute Gasteiger partial charge is 0.394 e. The molecule has 0 saturated carbocycles. The first-order chi connectivity index (χ1) is 17.9. The summed E-state index contributed by atoms with van der Waals surface area (Å²) >= 11 is 7.99. The molecule has 3 aromatic rings. The number of aliphatic hydroxyl groups is 1. The molecule has 3 N–H and O–H groups in total. The van der Waals surface area contributed by atoms with Crippen LogP contribution in [0.5, 0.6) is 0 Å². The summed E-state index contributed by atoms with van der Waals surface area (Å²) in [6.07, 6.45) is 3.32.